The molecule has 70 valence electrons. The first-order chi connectivity index (χ1) is 6.40. The zero-order chi connectivity index (χ0) is 9.10. The highest BCUT2D eigenvalue weighted by atomic mass is 15.1. The minimum absolute atomic E-state index is 0.593. The van der Waals surface area contributed by atoms with E-state index >= 15 is 0 Å². The van der Waals surface area contributed by atoms with Crippen LogP contribution < -0.4 is 5.73 Å². The summed E-state index contributed by atoms with van der Waals surface area (Å²) in [6, 6.07) is 0. The summed E-state index contributed by atoms with van der Waals surface area (Å²) in [6.45, 7) is 0.593. The van der Waals surface area contributed by atoms with Crippen molar-refractivity contribution in [3.63, 3.8) is 0 Å². The summed E-state index contributed by atoms with van der Waals surface area (Å²) >= 11 is 0. The van der Waals surface area contributed by atoms with Gasteiger partial charge in [-0.1, -0.05) is 6.42 Å². The van der Waals surface area contributed by atoms with Gasteiger partial charge in [-0.3, -0.25) is 0 Å². The maximum absolute atomic E-state index is 5.43. The smallest absolute Gasteiger partial charge is 0.152 e. The molecule has 2 rings (SSSR count). The summed E-state index contributed by atoms with van der Waals surface area (Å²) in [6.07, 6.45) is 6.33. The highest BCUT2D eigenvalue weighted by Gasteiger charge is 2.21. The average Bonchev–Trinajstić information content (AvgIpc) is 2.02. The minimum Gasteiger partial charge on any atom is -0.330 e. The van der Waals surface area contributed by atoms with Crippen molar-refractivity contribution in [2.24, 2.45) is 5.73 Å². The monoisotopic (exact) mass is 178 g/mol. The molecular weight excluding hydrogens is 164 g/mol. The van der Waals surface area contributed by atoms with Crippen molar-refractivity contribution in [2.75, 3.05) is 6.54 Å². The maximum atomic E-state index is 5.43. The van der Waals surface area contributed by atoms with E-state index in [9.17, 15) is 0 Å². The molecule has 1 aliphatic carbocycles. The van der Waals surface area contributed by atoms with Gasteiger partial charge in [0.2, 0.25) is 0 Å². The van der Waals surface area contributed by atoms with E-state index in [1.54, 1.807) is 6.20 Å². The summed E-state index contributed by atoms with van der Waals surface area (Å²) in [5, 5.41) is 7.87. The van der Waals surface area contributed by atoms with Gasteiger partial charge in [-0.05, 0) is 19.4 Å². The maximum Gasteiger partial charge on any atom is 0.152 e. The Morgan fingerprint density at radius 1 is 1.46 bits per heavy atom. The number of rotatable bonds is 3. The van der Waals surface area contributed by atoms with Crippen LogP contribution in [0.4, 0.5) is 0 Å². The van der Waals surface area contributed by atoms with Gasteiger partial charge in [0.05, 0.1) is 11.9 Å². The SMILES string of the molecule is NCCc1nncc(C2CCC2)n1. The molecule has 1 aromatic heterocycles. The van der Waals surface area contributed by atoms with Crippen LogP contribution >= 0.6 is 0 Å². The highest BCUT2D eigenvalue weighted by Crippen LogP contribution is 2.34. The molecule has 1 saturated carbocycles. The van der Waals surface area contributed by atoms with E-state index in [1.165, 1.54) is 19.3 Å². The normalized spacial score (nSPS) is 17.0. The van der Waals surface area contributed by atoms with Crippen LogP contribution in [0.2, 0.25) is 0 Å². The number of hydrogen-bond acceptors (Lipinski definition) is 4. The van der Waals surface area contributed by atoms with E-state index in [0.29, 0.717) is 12.5 Å². The summed E-state index contributed by atoms with van der Waals surface area (Å²) in [7, 11) is 0. The fourth-order valence-corrected chi connectivity index (χ4v) is 1.49. The van der Waals surface area contributed by atoms with E-state index in [1.807, 2.05) is 0 Å². The molecule has 0 aromatic carbocycles. The second-order valence-corrected chi connectivity index (χ2v) is 3.46. The third-order valence-electron chi connectivity index (χ3n) is 2.51. The molecule has 0 bridgehead atoms. The Hall–Kier alpha value is -1.03. The van der Waals surface area contributed by atoms with Gasteiger partial charge in [0.15, 0.2) is 5.82 Å². The molecule has 4 nitrogen and oxygen atoms in total. The van der Waals surface area contributed by atoms with Crippen molar-refractivity contribution in [2.45, 2.75) is 31.6 Å². The Kier molecular flexibility index (Phi) is 2.49. The number of nitrogens with two attached hydrogens (primary N) is 1. The fourth-order valence-electron chi connectivity index (χ4n) is 1.49. The van der Waals surface area contributed by atoms with Crippen LogP contribution in [0.3, 0.4) is 0 Å². The molecule has 1 fully saturated rings. The topological polar surface area (TPSA) is 64.7 Å². The van der Waals surface area contributed by atoms with Crippen LogP contribution in [0.15, 0.2) is 6.20 Å². The zero-order valence-electron chi connectivity index (χ0n) is 7.61. The molecule has 0 amide bonds. The largest absolute Gasteiger partial charge is 0.330 e. The van der Waals surface area contributed by atoms with Crippen molar-refractivity contribution in [1.29, 1.82) is 0 Å². The second-order valence-electron chi connectivity index (χ2n) is 3.46. The van der Waals surface area contributed by atoms with Gasteiger partial charge >= 0.3 is 0 Å². The van der Waals surface area contributed by atoms with Crippen molar-refractivity contribution >= 4 is 0 Å². The summed E-state index contributed by atoms with van der Waals surface area (Å²) in [5.41, 5.74) is 6.53. The molecule has 0 radical (unpaired) electrons. The molecule has 13 heavy (non-hydrogen) atoms. The lowest BCUT2D eigenvalue weighted by Gasteiger charge is -2.24. The molecule has 0 atom stereocenters. The quantitative estimate of drug-likeness (QED) is 0.737. The summed E-state index contributed by atoms with van der Waals surface area (Å²) < 4.78 is 0. The molecule has 0 aliphatic heterocycles. The van der Waals surface area contributed by atoms with Crippen LogP contribution in [0.1, 0.15) is 36.7 Å². The van der Waals surface area contributed by atoms with Crippen molar-refractivity contribution in [3.8, 4) is 0 Å². The predicted molar refractivity (Wildman–Crippen MR) is 49.2 cm³/mol. The number of hydrogen-bond donors (Lipinski definition) is 1. The summed E-state index contributed by atoms with van der Waals surface area (Å²) in [4.78, 5) is 4.43. The first kappa shape index (κ1) is 8.56. The second kappa shape index (κ2) is 3.79. The zero-order valence-corrected chi connectivity index (χ0v) is 7.61. The Labute approximate surface area is 77.6 Å². The van der Waals surface area contributed by atoms with Gasteiger partial charge in [0, 0.05) is 12.3 Å². The molecule has 2 N–H and O–H groups in total. The molecule has 1 heterocycles. The Bertz CT molecular complexity index is 283. The van der Waals surface area contributed by atoms with Crippen LogP contribution in [-0.4, -0.2) is 21.7 Å². The lowest BCUT2D eigenvalue weighted by Crippen LogP contribution is -2.14. The van der Waals surface area contributed by atoms with Gasteiger partial charge in [-0.15, -0.1) is 5.10 Å². The van der Waals surface area contributed by atoms with E-state index in [2.05, 4.69) is 15.2 Å². The number of aromatic nitrogens is 3. The molecule has 0 unspecified atom stereocenters. The third-order valence-corrected chi connectivity index (χ3v) is 2.51. The summed E-state index contributed by atoms with van der Waals surface area (Å²) in [5.74, 6) is 1.42. The average molecular weight is 178 g/mol. The van der Waals surface area contributed by atoms with Crippen molar-refractivity contribution in [1.82, 2.24) is 15.2 Å². The minimum atomic E-state index is 0.593. The van der Waals surface area contributed by atoms with Gasteiger partial charge in [0.1, 0.15) is 0 Å². The first-order valence-corrected chi connectivity index (χ1v) is 4.78. The van der Waals surface area contributed by atoms with Crippen LogP contribution in [0.5, 0.6) is 0 Å². The predicted octanol–water partition coefficient (Wildman–Crippen LogP) is 0.640. The molecule has 0 spiro atoms. The van der Waals surface area contributed by atoms with Gasteiger partial charge < -0.3 is 5.73 Å². The van der Waals surface area contributed by atoms with E-state index in [4.69, 9.17) is 5.73 Å². The highest BCUT2D eigenvalue weighted by molar-refractivity contribution is 5.07. The van der Waals surface area contributed by atoms with E-state index in [0.717, 1.165) is 17.9 Å². The fraction of sp³-hybridized carbons (Fsp3) is 0.667. The van der Waals surface area contributed by atoms with Gasteiger partial charge in [-0.25, -0.2) is 4.98 Å². The third kappa shape index (κ3) is 1.83. The van der Waals surface area contributed by atoms with Gasteiger partial charge in [-0.2, -0.15) is 5.10 Å². The lowest BCUT2D eigenvalue weighted by molar-refractivity contribution is 0.407. The molecule has 1 aromatic rings. The van der Waals surface area contributed by atoms with E-state index < -0.39 is 0 Å². The van der Waals surface area contributed by atoms with Crippen molar-refractivity contribution in [3.05, 3.63) is 17.7 Å². The Morgan fingerprint density at radius 3 is 2.92 bits per heavy atom. The standard InChI is InChI=1S/C9H14N4/c10-5-4-9-12-8(6-11-13-9)7-2-1-3-7/h6-7H,1-5,10H2. The number of nitrogens with zero attached hydrogens (tertiary/aromatic N) is 3. The first-order valence-electron chi connectivity index (χ1n) is 4.78. The van der Waals surface area contributed by atoms with Crippen molar-refractivity contribution < 1.29 is 0 Å². The van der Waals surface area contributed by atoms with Gasteiger partial charge in [0.25, 0.3) is 0 Å². The van der Waals surface area contributed by atoms with Crippen LogP contribution in [-0.2, 0) is 6.42 Å². The Morgan fingerprint density at radius 2 is 2.31 bits per heavy atom. The van der Waals surface area contributed by atoms with Crippen LogP contribution in [0, 0.1) is 0 Å². The molecular formula is C9H14N4. The molecule has 4 heteroatoms. The molecule has 1 aliphatic rings. The van der Waals surface area contributed by atoms with Crippen LogP contribution in [0.25, 0.3) is 0 Å². The Balaban J connectivity index is 2.11. The lowest BCUT2D eigenvalue weighted by atomic mass is 9.83. The molecule has 0 saturated heterocycles. The van der Waals surface area contributed by atoms with E-state index in [-0.39, 0.29) is 0 Å².